The number of carbonyl (C=O) groups is 2. The predicted molar refractivity (Wildman–Crippen MR) is 96.9 cm³/mol. The van der Waals surface area contributed by atoms with Gasteiger partial charge in [-0.2, -0.15) is 0 Å². The Hall–Kier alpha value is -2.24. The molecule has 0 spiro atoms. The topological polar surface area (TPSA) is 72.6 Å². The number of hydrogen-bond acceptors (Lipinski definition) is 3. The second kappa shape index (κ2) is 7.33. The molecule has 7 heteroatoms. The Morgan fingerprint density at radius 1 is 1.20 bits per heavy atom. The van der Waals surface area contributed by atoms with Gasteiger partial charge in [0.2, 0.25) is 11.8 Å². The molecule has 1 saturated heterocycles. The summed E-state index contributed by atoms with van der Waals surface area (Å²) < 4.78 is 5.71. The van der Waals surface area contributed by atoms with Crippen molar-refractivity contribution in [2.45, 2.75) is 13.0 Å². The van der Waals surface area contributed by atoms with Crippen LogP contribution in [-0.2, 0) is 16.2 Å². The summed E-state index contributed by atoms with van der Waals surface area (Å²) >= 11 is 12.0. The largest absolute Gasteiger partial charge is 0.489 e. The molecule has 2 aromatic carbocycles. The Kier molecular flexibility index (Phi) is 5.16. The molecule has 2 aromatic rings. The van der Waals surface area contributed by atoms with E-state index in [0.29, 0.717) is 34.6 Å². The standard InChI is InChI=1S/C18H16Cl2N2O3/c19-13-2-1-11(16(20)8-13)10-25-15-5-3-14(4-6-15)22-9-12(18(21)24)7-17(22)23/h1-6,8,12H,7,9-10H2,(H2,21,24)/t12-/m0/s1. The molecule has 3 rings (SSSR count). The highest BCUT2D eigenvalue weighted by molar-refractivity contribution is 6.35. The van der Waals surface area contributed by atoms with Crippen molar-refractivity contribution in [3.8, 4) is 5.75 Å². The molecule has 1 fully saturated rings. The number of hydrogen-bond donors (Lipinski definition) is 1. The van der Waals surface area contributed by atoms with E-state index >= 15 is 0 Å². The Labute approximate surface area is 155 Å². The van der Waals surface area contributed by atoms with E-state index in [9.17, 15) is 9.59 Å². The summed E-state index contributed by atoms with van der Waals surface area (Å²) in [6.07, 6.45) is 0.155. The first-order chi connectivity index (χ1) is 11.9. The molecule has 1 heterocycles. The lowest BCUT2D eigenvalue weighted by atomic mass is 10.1. The van der Waals surface area contributed by atoms with Crippen LogP contribution in [0.2, 0.25) is 10.0 Å². The summed E-state index contributed by atoms with van der Waals surface area (Å²) in [5.74, 6) is -0.343. The lowest BCUT2D eigenvalue weighted by Crippen LogP contribution is -2.28. The fraction of sp³-hybridized carbons (Fsp3) is 0.222. The first-order valence-corrected chi connectivity index (χ1v) is 8.46. The summed E-state index contributed by atoms with van der Waals surface area (Å²) in [4.78, 5) is 24.8. The van der Waals surface area contributed by atoms with Gasteiger partial charge in [0.05, 0.1) is 5.92 Å². The van der Waals surface area contributed by atoms with E-state index in [4.69, 9.17) is 33.7 Å². The van der Waals surface area contributed by atoms with E-state index in [-0.39, 0.29) is 12.3 Å². The highest BCUT2D eigenvalue weighted by atomic mass is 35.5. The molecule has 1 aliphatic heterocycles. The van der Waals surface area contributed by atoms with Crippen molar-refractivity contribution in [2.75, 3.05) is 11.4 Å². The number of amides is 2. The summed E-state index contributed by atoms with van der Waals surface area (Å²) in [5, 5.41) is 1.12. The Morgan fingerprint density at radius 3 is 2.52 bits per heavy atom. The van der Waals surface area contributed by atoms with Gasteiger partial charge in [-0.25, -0.2) is 0 Å². The number of halogens is 2. The smallest absolute Gasteiger partial charge is 0.227 e. The molecule has 1 aliphatic rings. The minimum absolute atomic E-state index is 0.106. The number of primary amides is 1. The van der Waals surface area contributed by atoms with E-state index < -0.39 is 11.8 Å². The van der Waals surface area contributed by atoms with Crippen molar-refractivity contribution < 1.29 is 14.3 Å². The minimum atomic E-state index is -0.448. The van der Waals surface area contributed by atoms with Crippen molar-refractivity contribution in [1.82, 2.24) is 0 Å². The molecule has 0 bridgehead atoms. The molecule has 2 amide bonds. The number of anilines is 1. The molecule has 130 valence electrons. The Bertz CT molecular complexity index is 808. The van der Waals surface area contributed by atoms with Crippen molar-refractivity contribution in [3.63, 3.8) is 0 Å². The van der Waals surface area contributed by atoms with E-state index in [1.807, 2.05) is 6.07 Å². The quantitative estimate of drug-likeness (QED) is 0.866. The zero-order valence-electron chi connectivity index (χ0n) is 13.2. The number of ether oxygens (including phenoxy) is 1. The third kappa shape index (κ3) is 4.06. The molecule has 0 aromatic heterocycles. The predicted octanol–water partition coefficient (Wildman–Crippen LogP) is 3.41. The molecule has 25 heavy (non-hydrogen) atoms. The minimum Gasteiger partial charge on any atom is -0.489 e. The number of benzene rings is 2. The van der Waals surface area contributed by atoms with Crippen molar-refractivity contribution in [2.24, 2.45) is 11.7 Å². The van der Waals surface area contributed by atoms with Gasteiger partial charge in [0.15, 0.2) is 0 Å². The first kappa shape index (κ1) is 17.6. The molecule has 5 nitrogen and oxygen atoms in total. The van der Waals surface area contributed by atoms with Gasteiger partial charge in [0, 0.05) is 34.3 Å². The van der Waals surface area contributed by atoms with E-state index in [1.54, 1.807) is 41.3 Å². The highest BCUT2D eigenvalue weighted by Gasteiger charge is 2.33. The van der Waals surface area contributed by atoms with Crippen LogP contribution in [0, 0.1) is 5.92 Å². The van der Waals surface area contributed by atoms with Gasteiger partial charge < -0.3 is 15.4 Å². The van der Waals surface area contributed by atoms with Gasteiger partial charge in [-0.15, -0.1) is 0 Å². The monoisotopic (exact) mass is 378 g/mol. The fourth-order valence-electron chi connectivity index (χ4n) is 2.67. The summed E-state index contributed by atoms with van der Waals surface area (Å²) in [6, 6.07) is 12.3. The van der Waals surface area contributed by atoms with Crippen LogP contribution in [0.3, 0.4) is 0 Å². The third-order valence-corrected chi connectivity index (χ3v) is 4.67. The lowest BCUT2D eigenvalue weighted by Gasteiger charge is -2.17. The summed E-state index contributed by atoms with van der Waals surface area (Å²) in [5.41, 5.74) is 6.83. The third-order valence-electron chi connectivity index (χ3n) is 4.09. The Morgan fingerprint density at radius 2 is 1.92 bits per heavy atom. The molecule has 2 N–H and O–H groups in total. The summed E-state index contributed by atoms with van der Waals surface area (Å²) in [7, 11) is 0. The maximum absolute atomic E-state index is 12.0. The van der Waals surface area contributed by atoms with Gasteiger partial charge in [-0.3, -0.25) is 9.59 Å². The molecule has 0 unspecified atom stereocenters. The number of nitrogens with two attached hydrogens (primary N) is 1. The van der Waals surface area contributed by atoms with Crippen LogP contribution in [0.4, 0.5) is 5.69 Å². The molecule has 1 atom stereocenters. The SMILES string of the molecule is NC(=O)[C@H]1CC(=O)N(c2ccc(OCc3ccc(Cl)cc3Cl)cc2)C1. The van der Waals surface area contributed by atoms with Crippen molar-refractivity contribution in [3.05, 3.63) is 58.1 Å². The molecular formula is C18H16Cl2N2O3. The van der Waals surface area contributed by atoms with Crippen LogP contribution < -0.4 is 15.4 Å². The van der Waals surface area contributed by atoms with Gasteiger partial charge in [0.25, 0.3) is 0 Å². The van der Waals surface area contributed by atoms with Crippen LogP contribution in [-0.4, -0.2) is 18.4 Å². The van der Waals surface area contributed by atoms with Crippen LogP contribution in [0.25, 0.3) is 0 Å². The number of rotatable bonds is 5. The van der Waals surface area contributed by atoms with Gasteiger partial charge >= 0.3 is 0 Å². The molecule has 0 radical (unpaired) electrons. The number of nitrogens with zero attached hydrogens (tertiary/aromatic N) is 1. The average Bonchev–Trinajstić information content (AvgIpc) is 2.97. The molecule has 0 saturated carbocycles. The van der Waals surface area contributed by atoms with Crippen LogP contribution in [0.15, 0.2) is 42.5 Å². The highest BCUT2D eigenvalue weighted by Crippen LogP contribution is 2.27. The van der Waals surface area contributed by atoms with Crippen molar-refractivity contribution in [1.29, 1.82) is 0 Å². The van der Waals surface area contributed by atoms with Crippen molar-refractivity contribution >= 4 is 40.7 Å². The zero-order chi connectivity index (χ0) is 18.0. The molecule has 0 aliphatic carbocycles. The van der Waals surface area contributed by atoms with Crippen LogP contribution >= 0.6 is 23.2 Å². The summed E-state index contributed by atoms with van der Waals surface area (Å²) in [6.45, 7) is 0.622. The average molecular weight is 379 g/mol. The fourth-order valence-corrected chi connectivity index (χ4v) is 3.13. The second-order valence-electron chi connectivity index (χ2n) is 5.83. The van der Waals surface area contributed by atoms with Crippen LogP contribution in [0.1, 0.15) is 12.0 Å². The van der Waals surface area contributed by atoms with E-state index in [1.165, 1.54) is 0 Å². The Balaban J connectivity index is 1.64. The lowest BCUT2D eigenvalue weighted by molar-refractivity contribution is -0.123. The van der Waals surface area contributed by atoms with Crippen LogP contribution in [0.5, 0.6) is 5.75 Å². The second-order valence-corrected chi connectivity index (χ2v) is 6.67. The maximum Gasteiger partial charge on any atom is 0.227 e. The maximum atomic E-state index is 12.0. The normalized spacial score (nSPS) is 17.0. The zero-order valence-corrected chi connectivity index (χ0v) is 14.8. The van der Waals surface area contributed by atoms with E-state index in [0.717, 1.165) is 5.56 Å². The first-order valence-electron chi connectivity index (χ1n) is 7.70. The van der Waals surface area contributed by atoms with Gasteiger partial charge in [-0.05, 0) is 36.4 Å². The number of carbonyl (C=O) groups excluding carboxylic acids is 2. The van der Waals surface area contributed by atoms with Gasteiger partial charge in [-0.1, -0.05) is 29.3 Å². The van der Waals surface area contributed by atoms with Gasteiger partial charge in [0.1, 0.15) is 12.4 Å². The molecular weight excluding hydrogens is 363 g/mol. The van der Waals surface area contributed by atoms with E-state index in [2.05, 4.69) is 0 Å².